The predicted molar refractivity (Wildman–Crippen MR) is 66.9 cm³/mol. The average molecular weight is 248 g/mol. The number of carboxylic acid groups (broad SMARTS) is 1. The van der Waals surface area contributed by atoms with E-state index < -0.39 is 11.4 Å². The Labute approximate surface area is 107 Å². The molecule has 5 atom stereocenters. The molecule has 0 aromatic heterocycles. The first-order valence-electron chi connectivity index (χ1n) is 6.84. The van der Waals surface area contributed by atoms with Gasteiger partial charge in [-0.2, -0.15) is 0 Å². The first-order chi connectivity index (χ1) is 8.34. The summed E-state index contributed by atoms with van der Waals surface area (Å²) < 4.78 is 0. The van der Waals surface area contributed by atoms with Crippen LogP contribution in [0.1, 0.15) is 40.0 Å². The third-order valence-electron chi connectivity index (χ3n) is 6.03. The van der Waals surface area contributed by atoms with Crippen LogP contribution in [0.25, 0.3) is 0 Å². The summed E-state index contributed by atoms with van der Waals surface area (Å²) in [7, 11) is 0. The molecule has 3 aliphatic carbocycles. The van der Waals surface area contributed by atoms with Gasteiger partial charge < -0.3 is 5.11 Å². The second-order valence-corrected chi connectivity index (χ2v) is 6.66. The van der Waals surface area contributed by atoms with E-state index in [0.717, 1.165) is 12.8 Å². The molecular formula is C15H20O3. The number of hydrogen-bond donors (Lipinski definition) is 1. The Bertz CT molecular complexity index is 478. The van der Waals surface area contributed by atoms with Crippen molar-refractivity contribution >= 4 is 11.8 Å². The largest absolute Gasteiger partial charge is 0.478 e. The minimum Gasteiger partial charge on any atom is -0.478 e. The van der Waals surface area contributed by atoms with Crippen molar-refractivity contribution in [1.29, 1.82) is 0 Å². The van der Waals surface area contributed by atoms with Crippen molar-refractivity contribution in [1.82, 2.24) is 0 Å². The quantitative estimate of drug-likeness (QED) is 0.776. The topological polar surface area (TPSA) is 54.4 Å². The van der Waals surface area contributed by atoms with E-state index in [1.165, 1.54) is 0 Å². The first kappa shape index (κ1) is 11.9. The number of aliphatic carboxylic acids is 1. The molecule has 3 rings (SSSR count). The Morgan fingerprint density at radius 2 is 2.11 bits per heavy atom. The highest BCUT2D eigenvalue weighted by Gasteiger charge is 2.71. The van der Waals surface area contributed by atoms with Gasteiger partial charge in [-0.15, -0.1) is 0 Å². The van der Waals surface area contributed by atoms with Gasteiger partial charge in [0.1, 0.15) is 5.78 Å². The number of Topliss-reactive ketones (excluding diaryl/α,β-unsaturated/α-hetero) is 1. The van der Waals surface area contributed by atoms with Crippen LogP contribution in [0.2, 0.25) is 0 Å². The van der Waals surface area contributed by atoms with Crippen LogP contribution in [0.15, 0.2) is 11.6 Å². The van der Waals surface area contributed by atoms with Gasteiger partial charge in [-0.05, 0) is 30.1 Å². The summed E-state index contributed by atoms with van der Waals surface area (Å²) in [4.78, 5) is 24.0. The summed E-state index contributed by atoms with van der Waals surface area (Å²) in [5.74, 6) is 0.102. The highest BCUT2D eigenvalue weighted by Crippen LogP contribution is 2.71. The Balaban J connectivity index is 2.18. The molecule has 0 saturated heterocycles. The molecule has 18 heavy (non-hydrogen) atoms. The van der Waals surface area contributed by atoms with Crippen molar-refractivity contribution in [2.75, 3.05) is 0 Å². The number of rotatable bonds is 1. The summed E-state index contributed by atoms with van der Waals surface area (Å²) in [6, 6.07) is 0. The summed E-state index contributed by atoms with van der Waals surface area (Å²) in [6.07, 6.45) is 4.55. The Morgan fingerprint density at radius 1 is 1.44 bits per heavy atom. The van der Waals surface area contributed by atoms with E-state index in [0.29, 0.717) is 29.6 Å². The third-order valence-corrected chi connectivity index (χ3v) is 6.03. The van der Waals surface area contributed by atoms with Crippen molar-refractivity contribution < 1.29 is 14.7 Å². The Morgan fingerprint density at radius 3 is 2.72 bits per heavy atom. The second kappa shape index (κ2) is 3.25. The number of ketones is 1. The molecule has 2 saturated carbocycles. The molecule has 0 amide bonds. The van der Waals surface area contributed by atoms with Crippen LogP contribution in [-0.2, 0) is 9.59 Å². The van der Waals surface area contributed by atoms with Crippen LogP contribution in [0, 0.1) is 28.6 Å². The van der Waals surface area contributed by atoms with Gasteiger partial charge in [0.25, 0.3) is 0 Å². The van der Waals surface area contributed by atoms with E-state index in [2.05, 4.69) is 13.8 Å². The van der Waals surface area contributed by atoms with E-state index in [1.807, 2.05) is 13.0 Å². The van der Waals surface area contributed by atoms with Crippen LogP contribution < -0.4 is 0 Å². The van der Waals surface area contributed by atoms with Gasteiger partial charge in [0.05, 0.1) is 0 Å². The molecular weight excluding hydrogens is 228 g/mol. The summed E-state index contributed by atoms with van der Waals surface area (Å²) >= 11 is 0. The summed E-state index contributed by atoms with van der Waals surface area (Å²) in [5, 5.41) is 9.34. The zero-order chi connectivity index (χ0) is 13.3. The van der Waals surface area contributed by atoms with Crippen molar-refractivity contribution in [3.05, 3.63) is 11.6 Å². The molecule has 1 unspecified atom stereocenters. The van der Waals surface area contributed by atoms with Crippen LogP contribution in [0.4, 0.5) is 0 Å². The lowest BCUT2D eigenvalue weighted by molar-refractivity contribution is -0.135. The van der Waals surface area contributed by atoms with Crippen LogP contribution in [-0.4, -0.2) is 16.9 Å². The normalized spacial score (nSPS) is 50.1. The van der Waals surface area contributed by atoms with Gasteiger partial charge in [0.2, 0.25) is 0 Å². The monoisotopic (exact) mass is 248 g/mol. The zero-order valence-corrected chi connectivity index (χ0v) is 11.2. The van der Waals surface area contributed by atoms with Crippen LogP contribution >= 0.6 is 0 Å². The fraction of sp³-hybridized carbons (Fsp3) is 0.733. The number of hydrogen-bond acceptors (Lipinski definition) is 2. The van der Waals surface area contributed by atoms with Crippen molar-refractivity contribution in [3.63, 3.8) is 0 Å². The van der Waals surface area contributed by atoms with Gasteiger partial charge in [-0.3, -0.25) is 4.79 Å². The minimum absolute atomic E-state index is 0.134. The average Bonchev–Trinajstić information content (AvgIpc) is 2.79. The van der Waals surface area contributed by atoms with Crippen LogP contribution in [0.5, 0.6) is 0 Å². The maximum atomic E-state index is 12.6. The molecule has 1 N–H and O–H groups in total. The molecule has 1 spiro atoms. The smallest absolute Gasteiger partial charge is 0.331 e. The lowest BCUT2D eigenvalue weighted by Gasteiger charge is -2.40. The molecule has 0 aromatic rings. The Hall–Kier alpha value is -1.12. The molecule has 3 heteroatoms. The molecule has 3 nitrogen and oxygen atoms in total. The maximum Gasteiger partial charge on any atom is 0.331 e. The minimum atomic E-state index is -0.849. The highest BCUT2D eigenvalue weighted by atomic mass is 16.4. The number of allylic oxidation sites excluding steroid dienone is 1. The van der Waals surface area contributed by atoms with E-state index in [4.69, 9.17) is 0 Å². The summed E-state index contributed by atoms with van der Waals surface area (Å²) in [5.41, 5.74) is -0.183. The fourth-order valence-electron chi connectivity index (χ4n) is 5.38. The maximum absolute atomic E-state index is 12.6. The molecule has 2 fully saturated rings. The molecule has 3 aliphatic rings. The molecule has 98 valence electrons. The molecule has 0 bridgehead atoms. The van der Waals surface area contributed by atoms with Crippen molar-refractivity contribution in [2.24, 2.45) is 28.6 Å². The van der Waals surface area contributed by atoms with Crippen molar-refractivity contribution in [2.45, 2.75) is 40.0 Å². The van der Waals surface area contributed by atoms with E-state index in [-0.39, 0.29) is 11.3 Å². The predicted octanol–water partition coefficient (Wildman–Crippen LogP) is 2.66. The number of carbonyl (C=O) groups is 2. The van der Waals surface area contributed by atoms with Gasteiger partial charge >= 0.3 is 5.97 Å². The first-order valence-corrected chi connectivity index (χ1v) is 6.84. The van der Waals surface area contributed by atoms with Crippen LogP contribution in [0.3, 0.4) is 0 Å². The van der Waals surface area contributed by atoms with Crippen molar-refractivity contribution in [3.8, 4) is 0 Å². The van der Waals surface area contributed by atoms with E-state index >= 15 is 0 Å². The SMILES string of the molecule is C[C@@H]1CC(=O)C23[C@@H]1CC[C@]2(C)C=C(C(=O)O)[C@@H]3C. The Kier molecular flexibility index (Phi) is 2.16. The van der Waals surface area contributed by atoms with E-state index in [1.54, 1.807) is 0 Å². The number of carboxylic acids is 1. The van der Waals surface area contributed by atoms with Gasteiger partial charge in [0, 0.05) is 23.3 Å². The second-order valence-electron chi connectivity index (χ2n) is 6.66. The zero-order valence-electron chi connectivity index (χ0n) is 11.2. The summed E-state index contributed by atoms with van der Waals surface area (Å²) in [6.45, 7) is 6.18. The van der Waals surface area contributed by atoms with Gasteiger partial charge in [-0.25, -0.2) is 4.79 Å². The molecule has 0 radical (unpaired) electrons. The third kappa shape index (κ3) is 1.03. The lowest BCUT2D eigenvalue weighted by atomic mass is 9.60. The number of carbonyl (C=O) groups excluding carboxylic acids is 1. The highest BCUT2D eigenvalue weighted by molar-refractivity contribution is 5.96. The van der Waals surface area contributed by atoms with Gasteiger partial charge in [0.15, 0.2) is 0 Å². The van der Waals surface area contributed by atoms with E-state index in [9.17, 15) is 14.7 Å². The van der Waals surface area contributed by atoms with Gasteiger partial charge in [-0.1, -0.05) is 26.8 Å². The lowest BCUT2D eigenvalue weighted by Crippen LogP contribution is -2.43. The standard InChI is InChI=1S/C15H20O3/c1-8-6-12(16)15-9(2)10(13(17)18)7-14(15,3)5-4-11(8)15/h7-9,11H,4-6H2,1-3H3,(H,17,18)/t8-,9+,11-,14-,15?/m1/s1. The molecule has 0 aliphatic heterocycles. The molecule has 0 aromatic carbocycles. The molecule has 0 heterocycles. The fourth-order valence-corrected chi connectivity index (χ4v) is 5.38.